The molecule has 7 nitrogen and oxygen atoms in total. The Labute approximate surface area is 147 Å². The number of amides is 2. The monoisotopic (exact) mass is 344 g/mol. The Balaban J connectivity index is 2.00. The summed E-state index contributed by atoms with van der Waals surface area (Å²) in [4.78, 5) is 26.0. The van der Waals surface area contributed by atoms with Gasteiger partial charge in [0.15, 0.2) is 5.82 Å². The van der Waals surface area contributed by atoms with E-state index in [-0.39, 0.29) is 17.9 Å². The molecule has 0 saturated carbocycles. The van der Waals surface area contributed by atoms with Gasteiger partial charge in [-0.3, -0.25) is 14.5 Å². The second kappa shape index (κ2) is 8.43. The molecule has 1 heterocycles. The van der Waals surface area contributed by atoms with Gasteiger partial charge in [0, 0.05) is 25.2 Å². The van der Waals surface area contributed by atoms with Crippen LogP contribution < -0.4 is 10.6 Å². The molecule has 0 fully saturated rings. The largest absolute Gasteiger partial charge is 0.360 e. The third kappa shape index (κ3) is 4.90. The van der Waals surface area contributed by atoms with Gasteiger partial charge in [-0.2, -0.15) is 0 Å². The van der Waals surface area contributed by atoms with Crippen molar-refractivity contribution in [3.8, 4) is 0 Å². The first-order valence-corrected chi connectivity index (χ1v) is 8.20. The lowest BCUT2D eigenvalue weighted by molar-refractivity contribution is -0.121. The zero-order valence-corrected chi connectivity index (χ0v) is 15.0. The molecule has 2 aromatic rings. The topological polar surface area (TPSA) is 87.5 Å². The van der Waals surface area contributed by atoms with E-state index in [0.29, 0.717) is 30.1 Å². The quantitative estimate of drug-likeness (QED) is 0.804. The maximum atomic E-state index is 12.5. The molecular formula is C18H24N4O3. The molecule has 2 amide bonds. The number of nitrogens with one attached hydrogen (secondary N) is 2. The highest BCUT2D eigenvalue weighted by molar-refractivity contribution is 5.94. The van der Waals surface area contributed by atoms with Crippen LogP contribution in [0.4, 0.5) is 5.82 Å². The van der Waals surface area contributed by atoms with Crippen LogP contribution in [-0.2, 0) is 11.3 Å². The lowest BCUT2D eigenvalue weighted by Crippen LogP contribution is -2.41. The van der Waals surface area contributed by atoms with E-state index in [9.17, 15) is 9.59 Å². The number of rotatable bonds is 7. The maximum Gasteiger partial charge on any atom is 0.251 e. The predicted molar refractivity (Wildman–Crippen MR) is 95.2 cm³/mol. The van der Waals surface area contributed by atoms with Gasteiger partial charge in [-0.25, -0.2) is 0 Å². The molecule has 2 N–H and O–H groups in total. The summed E-state index contributed by atoms with van der Waals surface area (Å²) in [6.07, 6.45) is 0.662. The number of hydrogen-bond donors (Lipinski definition) is 2. The van der Waals surface area contributed by atoms with Crippen LogP contribution in [-0.4, -0.2) is 42.0 Å². The van der Waals surface area contributed by atoms with Gasteiger partial charge in [-0.05, 0) is 38.1 Å². The molecule has 0 saturated heterocycles. The van der Waals surface area contributed by atoms with Crippen LogP contribution in [0.1, 0.15) is 35.0 Å². The summed E-state index contributed by atoms with van der Waals surface area (Å²) in [7, 11) is 3.50. The summed E-state index contributed by atoms with van der Waals surface area (Å²) in [5.41, 5.74) is 1.64. The van der Waals surface area contributed by atoms with Crippen molar-refractivity contribution in [2.24, 2.45) is 0 Å². The van der Waals surface area contributed by atoms with Gasteiger partial charge in [-0.1, -0.05) is 24.2 Å². The summed E-state index contributed by atoms with van der Waals surface area (Å²) >= 11 is 0. The summed E-state index contributed by atoms with van der Waals surface area (Å²) < 4.78 is 4.96. The summed E-state index contributed by atoms with van der Waals surface area (Å²) in [5.74, 6) is 0.825. The Morgan fingerprint density at radius 1 is 1.28 bits per heavy atom. The second-order valence-electron chi connectivity index (χ2n) is 5.93. The Morgan fingerprint density at radius 3 is 2.48 bits per heavy atom. The number of hydrogen-bond acceptors (Lipinski definition) is 5. The zero-order chi connectivity index (χ0) is 18.4. The van der Waals surface area contributed by atoms with Gasteiger partial charge in [0.05, 0.1) is 6.04 Å². The van der Waals surface area contributed by atoms with Crippen LogP contribution in [0.15, 0.2) is 34.9 Å². The lowest BCUT2D eigenvalue weighted by Gasteiger charge is -2.25. The van der Waals surface area contributed by atoms with E-state index in [1.54, 1.807) is 32.2 Å². The zero-order valence-electron chi connectivity index (χ0n) is 15.0. The van der Waals surface area contributed by atoms with Crippen LogP contribution in [0.2, 0.25) is 0 Å². The van der Waals surface area contributed by atoms with Crippen LogP contribution >= 0.6 is 0 Å². The van der Waals surface area contributed by atoms with E-state index >= 15 is 0 Å². The van der Waals surface area contributed by atoms with Crippen molar-refractivity contribution in [2.75, 3.05) is 19.4 Å². The van der Waals surface area contributed by atoms with Crippen molar-refractivity contribution >= 4 is 17.6 Å². The number of anilines is 1. The van der Waals surface area contributed by atoms with Crippen molar-refractivity contribution in [3.63, 3.8) is 0 Å². The fourth-order valence-electron chi connectivity index (χ4n) is 2.64. The smallest absolute Gasteiger partial charge is 0.251 e. The SMILES string of the molecule is CCC(C(=O)Nc1cc(C)on1)N(C)Cc1ccc(C(=O)NC)cc1. The normalized spacial score (nSPS) is 12.0. The molecule has 0 bridgehead atoms. The van der Waals surface area contributed by atoms with Gasteiger partial charge >= 0.3 is 0 Å². The number of nitrogens with zero attached hydrogens (tertiary/aromatic N) is 2. The minimum atomic E-state index is -0.296. The van der Waals surface area contributed by atoms with Crippen LogP contribution in [0.3, 0.4) is 0 Å². The van der Waals surface area contributed by atoms with E-state index in [0.717, 1.165) is 5.56 Å². The molecule has 0 radical (unpaired) electrons. The third-order valence-corrected chi connectivity index (χ3v) is 3.98. The van der Waals surface area contributed by atoms with E-state index in [1.807, 2.05) is 31.0 Å². The number of aromatic nitrogens is 1. The molecule has 0 spiro atoms. The van der Waals surface area contributed by atoms with Gasteiger partial charge in [0.1, 0.15) is 5.76 Å². The van der Waals surface area contributed by atoms with Crippen LogP contribution in [0.5, 0.6) is 0 Å². The summed E-state index contributed by atoms with van der Waals surface area (Å²) in [6.45, 7) is 4.33. The number of carbonyl (C=O) groups excluding carboxylic acids is 2. The van der Waals surface area contributed by atoms with Crippen molar-refractivity contribution < 1.29 is 14.1 Å². The predicted octanol–water partition coefficient (Wildman–Crippen LogP) is 2.19. The first-order chi connectivity index (χ1) is 11.9. The van der Waals surface area contributed by atoms with E-state index in [4.69, 9.17) is 4.52 Å². The highest BCUT2D eigenvalue weighted by Gasteiger charge is 2.22. The van der Waals surface area contributed by atoms with Gasteiger partial charge in [-0.15, -0.1) is 0 Å². The molecule has 1 aromatic carbocycles. The van der Waals surface area contributed by atoms with Crippen LogP contribution in [0, 0.1) is 6.92 Å². The second-order valence-corrected chi connectivity index (χ2v) is 5.93. The van der Waals surface area contributed by atoms with Crippen molar-refractivity contribution in [2.45, 2.75) is 32.9 Å². The van der Waals surface area contributed by atoms with E-state index in [2.05, 4.69) is 15.8 Å². The number of benzene rings is 1. The van der Waals surface area contributed by atoms with Crippen molar-refractivity contribution in [1.82, 2.24) is 15.4 Å². The number of aryl methyl sites for hydroxylation is 1. The Bertz CT molecular complexity index is 724. The van der Waals surface area contributed by atoms with Gasteiger partial charge in [0.25, 0.3) is 5.91 Å². The van der Waals surface area contributed by atoms with Crippen LogP contribution in [0.25, 0.3) is 0 Å². The van der Waals surface area contributed by atoms with Gasteiger partial charge in [0.2, 0.25) is 5.91 Å². The fourth-order valence-corrected chi connectivity index (χ4v) is 2.64. The molecule has 2 rings (SSSR count). The van der Waals surface area contributed by atoms with Crippen molar-refractivity contribution in [3.05, 3.63) is 47.2 Å². The number of carbonyl (C=O) groups is 2. The average Bonchev–Trinajstić information content (AvgIpc) is 3.00. The summed E-state index contributed by atoms with van der Waals surface area (Å²) in [6, 6.07) is 8.74. The molecule has 1 unspecified atom stereocenters. The Morgan fingerprint density at radius 2 is 1.96 bits per heavy atom. The standard InChI is InChI=1S/C18H24N4O3/c1-5-15(18(24)20-16-10-12(2)25-21-16)22(4)11-13-6-8-14(9-7-13)17(23)19-3/h6-10,15H,5,11H2,1-4H3,(H,19,23)(H,20,21,24). The highest BCUT2D eigenvalue weighted by atomic mass is 16.5. The molecule has 1 aromatic heterocycles. The molecule has 134 valence electrons. The molecular weight excluding hydrogens is 320 g/mol. The molecule has 25 heavy (non-hydrogen) atoms. The molecule has 0 aliphatic carbocycles. The first kappa shape index (κ1) is 18.7. The lowest BCUT2D eigenvalue weighted by atomic mass is 10.1. The van der Waals surface area contributed by atoms with Gasteiger partial charge < -0.3 is 15.2 Å². The van der Waals surface area contributed by atoms with Crippen molar-refractivity contribution in [1.29, 1.82) is 0 Å². The first-order valence-electron chi connectivity index (χ1n) is 8.20. The fraction of sp³-hybridized carbons (Fsp3) is 0.389. The molecule has 0 aliphatic heterocycles. The molecule has 7 heteroatoms. The Hall–Kier alpha value is -2.67. The molecule has 0 aliphatic rings. The molecule has 1 atom stereocenters. The minimum Gasteiger partial charge on any atom is -0.360 e. The number of likely N-dealkylation sites (N-methyl/N-ethyl adjacent to an activating group) is 1. The van der Waals surface area contributed by atoms with E-state index in [1.165, 1.54) is 0 Å². The third-order valence-electron chi connectivity index (χ3n) is 3.98. The van der Waals surface area contributed by atoms with E-state index < -0.39 is 0 Å². The highest BCUT2D eigenvalue weighted by Crippen LogP contribution is 2.13. The minimum absolute atomic E-state index is 0.117. The maximum absolute atomic E-state index is 12.5. The average molecular weight is 344 g/mol. The summed E-state index contributed by atoms with van der Waals surface area (Å²) in [5, 5.41) is 9.15. The Kier molecular flexibility index (Phi) is 6.30.